The van der Waals surface area contributed by atoms with Crippen LogP contribution in [0.1, 0.15) is 33.1 Å². The van der Waals surface area contributed by atoms with E-state index in [0.717, 1.165) is 17.8 Å². The first kappa shape index (κ1) is 8.10. The molecule has 0 saturated heterocycles. The molecule has 0 aliphatic heterocycles. The van der Waals surface area contributed by atoms with Gasteiger partial charge in [0.25, 0.3) is 0 Å². The van der Waals surface area contributed by atoms with E-state index in [9.17, 15) is 0 Å². The highest BCUT2D eigenvalue weighted by Crippen LogP contribution is 2.42. The number of fused-ring (bicyclic) bond motifs is 1. The van der Waals surface area contributed by atoms with Gasteiger partial charge >= 0.3 is 0 Å². The van der Waals surface area contributed by atoms with E-state index in [1.54, 1.807) is 5.57 Å². The van der Waals surface area contributed by atoms with Crippen molar-refractivity contribution in [2.75, 3.05) is 0 Å². The molecule has 0 nitrogen and oxygen atoms in total. The van der Waals surface area contributed by atoms with Crippen LogP contribution < -0.4 is 0 Å². The van der Waals surface area contributed by atoms with Crippen molar-refractivity contribution in [3.8, 4) is 0 Å². The van der Waals surface area contributed by atoms with Crippen molar-refractivity contribution in [3.05, 3.63) is 23.8 Å². The molecular formula is C12H18. The van der Waals surface area contributed by atoms with Crippen LogP contribution in [0.3, 0.4) is 0 Å². The van der Waals surface area contributed by atoms with Crippen molar-refractivity contribution < 1.29 is 0 Å². The van der Waals surface area contributed by atoms with Crippen LogP contribution in [-0.4, -0.2) is 0 Å². The molecule has 0 radical (unpaired) electrons. The van der Waals surface area contributed by atoms with Gasteiger partial charge in [0, 0.05) is 0 Å². The Morgan fingerprint density at radius 2 is 2.25 bits per heavy atom. The molecule has 0 bridgehead atoms. The minimum absolute atomic E-state index is 0.872. The van der Waals surface area contributed by atoms with Crippen molar-refractivity contribution in [1.29, 1.82) is 0 Å². The fourth-order valence-corrected chi connectivity index (χ4v) is 2.46. The molecule has 0 N–H and O–H groups in total. The summed E-state index contributed by atoms with van der Waals surface area (Å²) in [5, 5.41) is 0. The van der Waals surface area contributed by atoms with Crippen molar-refractivity contribution in [3.63, 3.8) is 0 Å². The first-order valence-electron chi connectivity index (χ1n) is 5.13. The Kier molecular flexibility index (Phi) is 2.08. The fraction of sp³-hybridized carbons (Fsp3) is 0.667. The van der Waals surface area contributed by atoms with Crippen molar-refractivity contribution in [2.45, 2.75) is 33.1 Å². The summed E-state index contributed by atoms with van der Waals surface area (Å²) in [6, 6.07) is 0. The second-order valence-corrected chi connectivity index (χ2v) is 4.55. The van der Waals surface area contributed by atoms with E-state index in [4.69, 9.17) is 0 Å². The van der Waals surface area contributed by atoms with Crippen LogP contribution in [0.5, 0.6) is 0 Å². The Labute approximate surface area is 75.4 Å². The molecule has 0 aromatic carbocycles. The summed E-state index contributed by atoms with van der Waals surface area (Å²) in [6.45, 7) is 4.71. The Bertz CT molecular complexity index is 220. The lowest BCUT2D eigenvalue weighted by Crippen LogP contribution is -2.03. The number of rotatable bonds is 1. The maximum absolute atomic E-state index is 2.36. The number of hydrogen-bond acceptors (Lipinski definition) is 0. The molecule has 2 aliphatic rings. The summed E-state index contributed by atoms with van der Waals surface area (Å²) in [5.74, 6) is 2.74. The minimum atomic E-state index is 0.872. The first-order chi connectivity index (χ1) is 5.77. The summed E-state index contributed by atoms with van der Waals surface area (Å²) >= 11 is 0. The lowest BCUT2D eigenvalue weighted by molar-refractivity contribution is 0.379. The van der Waals surface area contributed by atoms with Crippen LogP contribution in [0.15, 0.2) is 23.8 Å². The van der Waals surface area contributed by atoms with Crippen LogP contribution in [0, 0.1) is 17.8 Å². The van der Waals surface area contributed by atoms with Gasteiger partial charge in [-0.05, 0) is 37.0 Å². The second-order valence-electron chi connectivity index (χ2n) is 4.55. The average Bonchev–Trinajstić information content (AvgIpc) is 2.46. The largest absolute Gasteiger partial charge is 0.0839 e. The summed E-state index contributed by atoms with van der Waals surface area (Å²) in [7, 11) is 0. The molecule has 2 unspecified atom stereocenters. The lowest BCUT2D eigenvalue weighted by atomic mass is 9.92. The second kappa shape index (κ2) is 3.08. The molecular weight excluding hydrogens is 144 g/mol. The molecule has 0 heteroatoms. The summed E-state index contributed by atoms with van der Waals surface area (Å²) < 4.78 is 0. The molecule has 1 fully saturated rings. The van der Waals surface area contributed by atoms with E-state index in [1.165, 1.54) is 19.3 Å². The van der Waals surface area contributed by atoms with Gasteiger partial charge in [0.15, 0.2) is 0 Å². The van der Waals surface area contributed by atoms with E-state index in [-0.39, 0.29) is 0 Å². The molecule has 2 aliphatic carbocycles. The van der Waals surface area contributed by atoms with Gasteiger partial charge in [-0.25, -0.2) is 0 Å². The monoisotopic (exact) mass is 162 g/mol. The standard InChI is InChI=1S/C12H18/c1-9(2)12-7-10-5-3-4-6-11(10)8-12/h3-5,9,11-12H,6-8H2,1-2H3. The Balaban J connectivity index is 2.07. The van der Waals surface area contributed by atoms with E-state index < -0.39 is 0 Å². The predicted molar refractivity (Wildman–Crippen MR) is 52.9 cm³/mol. The predicted octanol–water partition coefficient (Wildman–Crippen LogP) is 3.55. The summed E-state index contributed by atoms with van der Waals surface area (Å²) in [5.41, 5.74) is 1.72. The molecule has 0 spiro atoms. The smallest absolute Gasteiger partial charge is 0.0162 e. The van der Waals surface area contributed by atoms with E-state index >= 15 is 0 Å². The van der Waals surface area contributed by atoms with Gasteiger partial charge in [0.1, 0.15) is 0 Å². The van der Waals surface area contributed by atoms with E-state index in [2.05, 4.69) is 32.1 Å². The fourth-order valence-electron chi connectivity index (χ4n) is 2.46. The highest BCUT2D eigenvalue weighted by Gasteiger charge is 2.30. The zero-order valence-electron chi connectivity index (χ0n) is 8.09. The molecule has 1 saturated carbocycles. The van der Waals surface area contributed by atoms with Crippen LogP contribution >= 0.6 is 0 Å². The average molecular weight is 162 g/mol. The first-order valence-corrected chi connectivity index (χ1v) is 5.13. The van der Waals surface area contributed by atoms with Gasteiger partial charge < -0.3 is 0 Å². The van der Waals surface area contributed by atoms with Crippen molar-refractivity contribution in [2.24, 2.45) is 17.8 Å². The van der Waals surface area contributed by atoms with E-state index in [0.29, 0.717) is 0 Å². The number of hydrogen-bond donors (Lipinski definition) is 0. The minimum Gasteiger partial charge on any atom is -0.0839 e. The summed E-state index contributed by atoms with van der Waals surface area (Å²) in [6.07, 6.45) is 11.0. The quantitative estimate of drug-likeness (QED) is 0.553. The lowest BCUT2D eigenvalue weighted by Gasteiger charge is -2.13. The topological polar surface area (TPSA) is 0 Å². The molecule has 0 amide bonds. The van der Waals surface area contributed by atoms with Crippen LogP contribution in [0.4, 0.5) is 0 Å². The highest BCUT2D eigenvalue weighted by molar-refractivity contribution is 5.24. The van der Waals surface area contributed by atoms with Gasteiger partial charge in [-0.3, -0.25) is 0 Å². The third kappa shape index (κ3) is 1.35. The number of allylic oxidation sites excluding steroid dienone is 4. The van der Waals surface area contributed by atoms with Gasteiger partial charge in [-0.1, -0.05) is 37.6 Å². The zero-order chi connectivity index (χ0) is 8.55. The van der Waals surface area contributed by atoms with Crippen LogP contribution in [-0.2, 0) is 0 Å². The van der Waals surface area contributed by atoms with Crippen LogP contribution in [0.2, 0.25) is 0 Å². The third-order valence-electron chi connectivity index (χ3n) is 3.42. The molecule has 66 valence electrons. The highest BCUT2D eigenvalue weighted by atomic mass is 14.3. The Hall–Kier alpha value is -0.520. The molecule has 0 heterocycles. The van der Waals surface area contributed by atoms with E-state index in [1.807, 2.05) is 0 Å². The third-order valence-corrected chi connectivity index (χ3v) is 3.42. The van der Waals surface area contributed by atoms with Gasteiger partial charge in [0.2, 0.25) is 0 Å². The van der Waals surface area contributed by atoms with Crippen molar-refractivity contribution in [1.82, 2.24) is 0 Å². The normalized spacial score (nSPS) is 33.8. The van der Waals surface area contributed by atoms with Gasteiger partial charge in [-0.15, -0.1) is 0 Å². The van der Waals surface area contributed by atoms with Crippen LogP contribution in [0.25, 0.3) is 0 Å². The van der Waals surface area contributed by atoms with Gasteiger partial charge in [-0.2, -0.15) is 0 Å². The molecule has 0 aromatic rings. The zero-order valence-corrected chi connectivity index (χ0v) is 8.09. The molecule has 12 heavy (non-hydrogen) atoms. The SMILES string of the molecule is CC(C)C1CC2=CC=CCC2C1. The molecule has 2 rings (SSSR count). The van der Waals surface area contributed by atoms with Gasteiger partial charge in [0.05, 0.1) is 0 Å². The molecule has 0 aromatic heterocycles. The molecule has 2 atom stereocenters. The maximum Gasteiger partial charge on any atom is -0.0162 e. The maximum atomic E-state index is 2.36. The Morgan fingerprint density at radius 3 is 2.92 bits per heavy atom. The van der Waals surface area contributed by atoms with Crippen molar-refractivity contribution >= 4 is 0 Å². The Morgan fingerprint density at radius 1 is 1.42 bits per heavy atom. The summed E-state index contributed by atoms with van der Waals surface area (Å²) in [4.78, 5) is 0.